The summed E-state index contributed by atoms with van der Waals surface area (Å²) in [5.74, 6) is 2.83. The van der Waals surface area contributed by atoms with Crippen molar-refractivity contribution >= 4 is 0 Å². The van der Waals surface area contributed by atoms with Crippen molar-refractivity contribution in [3.63, 3.8) is 0 Å². The molecule has 0 aromatic rings. The highest BCUT2D eigenvalue weighted by molar-refractivity contribution is 5.33. The number of rotatable bonds is 4. The lowest BCUT2D eigenvalue weighted by atomic mass is 9.45. The highest BCUT2D eigenvalue weighted by Crippen LogP contribution is 2.67. The zero-order valence-corrected chi connectivity index (χ0v) is 19.8. The molecule has 0 unspecified atom stereocenters. The van der Waals surface area contributed by atoms with Crippen LogP contribution in [-0.2, 0) is 0 Å². The van der Waals surface area contributed by atoms with E-state index in [1.807, 2.05) is 6.08 Å². The fourth-order valence-electron chi connectivity index (χ4n) is 8.15. The summed E-state index contributed by atoms with van der Waals surface area (Å²) in [6.45, 7) is 11.6. The third kappa shape index (κ3) is 3.26. The van der Waals surface area contributed by atoms with Gasteiger partial charge >= 0.3 is 0 Å². The first kappa shape index (κ1) is 22.6. The van der Waals surface area contributed by atoms with Gasteiger partial charge in [-0.25, -0.2) is 0 Å². The minimum atomic E-state index is -1.20. The normalized spacial score (nSPS) is 49.5. The lowest BCUT2D eigenvalue weighted by Gasteiger charge is -2.62. The summed E-state index contributed by atoms with van der Waals surface area (Å²) in [7, 11) is 0. The minimum Gasteiger partial charge on any atom is -0.393 e. The van der Waals surface area contributed by atoms with Crippen LogP contribution in [0.25, 0.3) is 0 Å². The molecule has 3 saturated carbocycles. The number of aliphatic hydroxyl groups excluding tert-OH is 2. The lowest BCUT2D eigenvalue weighted by molar-refractivity contribution is -0.210. The van der Waals surface area contributed by atoms with E-state index in [0.717, 1.165) is 25.7 Å². The molecule has 0 bridgehead atoms. The maximum absolute atomic E-state index is 11.6. The Hall–Kier alpha value is -0.640. The van der Waals surface area contributed by atoms with Gasteiger partial charge in [0, 0.05) is 11.8 Å². The Kier molecular flexibility index (Phi) is 5.82. The van der Waals surface area contributed by atoms with Gasteiger partial charge in [0.1, 0.15) is 11.7 Å². The molecule has 3 N–H and O–H groups in total. The Bertz CT molecular complexity index is 711. The third-order valence-corrected chi connectivity index (χ3v) is 10.0. The van der Waals surface area contributed by atoms with Gasteiger partial charge in [-0.3, -0.25) is 0 Å². The van der Waals surface area contributed by atoms with Crippen molar-refractivity contribution < 1.29 is 15.3 Å². The van der Waals surface area contributed by atoms with Gasteiger partial charge in [-0.05, 0) is 80.0 Å². The van der Waals surface area contributed by atoms with Crippen LogP contribution in [0.2, 0.25) is 0 Å². The smallest absolute Gasteiger partial charge is 0.102 e. The highest BCUT2D eigenvalue weighted by Gasteiger charge is 2.64. The molecular formula is C27H44O3. The molecule has 0 heterocycles. The molecule has 4 rings (SSSR count). The van der Waals surface area contributed by atoms with Gasteiger partial charge in [0.25, 0.3) is 0 Å². The Morgan fingerprint density at radius 1 is 1.03 bits per heavy atom. The van der Waals surface area contributed by atoms with Gasteiger partial charge in [-0.2, -0.15) is 0 Å². The Morgan fingerprint density at radius 3 is 2.47 bits per heavy atom. The number of hydrogen-bond acceptors (Lipinski definition) is 3. The number of allylic oxidation sites excluding steroid dienone is 3. The maximum Gasteiger partial charge on any atom is 0.102 e. The molecule has 0 spiro atoms. The largest absolute Gasteiger partial charge is 0.393 e. The average Bonchev–Trinajstić information content (AvgIpc) is 3.01. The van der Waals surface area contributed by atoms with Crippen LogP contribution in [-0.4, -0.2) is 33.1 Å². The van der Waals surface area contributed by atoms with Gasteiger partial charge < -0.3 is 15.3 Å². The molecule has 4 aliphatic rings. The van der Waals surface area contributed by atoms with Crippen molar-refractivity contribution in [3.8, 4) is 0 Å². The number of aliphatic hydroxyl groups is 3. The van der Waals surface area contributed by atoms with Crippen LogP contribution in [0, 0.1) is 40.4 Å². The van der Waals surface area contributed by atoms with E-state index in [2.05, 4.69) is 46.8 Å². The fourth-order valence-corrected chi connectivity index (χ4v) is 8.15. The van der Waals surface area contributed by atoms with Crippen LogP contribution in [0.4, 0.5) is 0 Å². The van der Waals surface area contributed by atoms with Gasteiger partial charge in [-0.15, -0.1) is 0 Å². The van der Waals surface area contributed by atoms with E-state index in [4.69, 9.17) is 0 Å². The molecule has 0 aromatic heterocycles. The van der Waals surface area contributed by atoms with E-state index in [9.17, 15) is 15.3 Å². The Balaban J connectivity index is 1.62. The van der Waals surface area contributed by atoms with Crippen LogP contribution >= 0.6 is 0 Å². The first-order chi connectivity index (χ1) is 14.0. The van der Waals surface area contributed by atoms with Crippen molar-refractivity contribution in [3.05, 3.63) is 23.8 Å². The molecule has 9 atom stereocenters. The molecule has 0 radical (unpaired) electrons. The Morgan fingerprint density at radius 2 is 1.77 bits per heavy atom. The molecule has 4 aliphatic carbocycles. The molecule has 3 heteroatoms. The second-order valence-electron chi connectivity index (χ2n) is 12.1. The predicted octanol–water partition coefficient (Wildman–Crippen LogP) is 5.25. The predicted molar refractivity (Wildman–Crippen MR) is 122 cm³/mol. The first-order valence-corrected chi connectivity index (χ1v) is 12.5. The molecule has 30 heavy (non-hydrogen) atoms. The van der Waals surface area contributed by atoms with Crippen molar-refractivity contribution in [2.75, 3.05) is 0 Å². The SMILES string of the molecule is CC(C)CC=C[C@@H](C)[C@H]1CC[C@H]2C3=C[C@@H](O)[C@@]4(O)C[C@@H](O)CC[C@]4(C)[C@H]3CC[C@]12C. The van der Waals surface area contributed by atoms with E-state index < -0.39 is 17.8 Å². The standard InChI is InChI=1S/C27H44O3/c1-17(2)7-6-8-18(3)21-9-10-22-20-15-24(29)27(30)16-19(28)11-14-26(27,5)23(20)12-13-25(21,22)4/h6,8,15,17-19,21-24,28-30H,7,9-14,16H2,1-5H3/t18-,19+,21-,22+,23+,24-,25-,26-,27+/m1/s1. The highest BCUT2D eigenvalue weighted by atomic mass is 16.3. The minimum absolute atomic E-state index is 0.281. The topological polar surface area (TPSA) is 60.7 Å². The maximum atomic E-state index is 11.6. The van der Waals surface area contributed by atoms with Gasteiger partial charge in [-0.1, -0.05) is 58.4 Å². The molecule has 3 nitrogen and oxygen atoms in total. The molecule has 0 aromatic carbocycles. The summed E-state index contributed by atoms with van der Waals surface area (Å²) in [5.41, 5.74) is 0.180. The fraction of sp³-hybridized carbons (Fsp3) is 0.852. The van der Waals surface area contributed by atoms with Crippen LogP contribution in [0.5, 0.6) is 0 Å². The monoisotopic (exact) mass is 416 g/mol. The van der Waals surface area contributed by atoms with E-state index in [1.165, 1.54) is 24.8 Å². The summed E-state index contributed by atoms with van der Waals surface area (Å²) >= 11 is 0. The van der Waals surface area contributed by atoms with Crippen molar-refractivity contribution in [2.24, 2.45) is 40.4 Å². The quantitative estimate of drug-likeness (QED) is 0.549. The summed E-state index contributed by atoms with van der Waals surface area (Å²) in [6, 6.07) is 0. The van der Waals surface area contributed by atoms with Crippen LogP contribution in [0.15, 0.2) is 23.8 Å². The zero-order chi connectivity index (χ0) is 21.9. The molecule has 3 fully saturated rings. The van der Waals surface area contributed by atoms with Crippen LogP contribution in [0.1, 0.15) is 86.0 Å². The van der Waals surface area contributed by atoms with Crippen LogP contribution < -0.4 is 0 Å². The summed E-state index contributed by atoms with van der Waals surface area (Å²) < 4.78 is 0. The third-order valence-electron chi connectivity index (χ3n) is 10.0. The van der Waals surface area contributed by atoms with E-state index in [-0.39, 0.29) is 10.8 Å². The number of fused-ring (bicyclic) bond motifs is 5. The molecule has 170 valence electrons. The lowest BCUT2D eigenvalue weighted by Crippen LogP contribution is -2.65. The average molecular weight is 417 g/mol. The van der Waals surface area contributed by atoms with Crippen molar-refractivity contribution in [1.82, 2.24) is 0 Å². The summed E-state index contributed by atoms with van der Waals surface area (Å²) in [5, 5.41) is 32.9. The van der Waals surface area contributed by atoms with Crippen molar-refractivity contribution in [1.29, 1.82) is 0 Å². The van der Waals surface area contributed by atoms with Gasteiger partial charge in [0.15, 0.2) is 0 Å². The summed E-state index contributed by atoms with van der Waals surface area (Å²) in [4.78, 5) is 0. The van der Waals surface area contributed by atoms with E-state index in [0.29, 0.717) is 36.0 Å². The molecular weight excluding hydrogens is 372 g/mol. The molecule has 0 amide bonds. The molecule has 0 saturated heterocycles. The van der Waals surface area contributed by atoms with Gasteiger partial charge in [0.05, 0.1) is 6.10 Å². The molecule has 0 aliphatic heterocycles. The first-order valence-electron chi connectivity index (χ1n) is 12.5. The second-order valence-corrected chi connectivity index (χ2v) is 12.1. The van der Waals surface area contributed by atoms with Gasteiger partial charge in [0.2, 0.25) is 0 Å². The summed E-state index contributed by atoms with van der Waals surface area (Å²) in [6.07, 6.45) is 13.2. The van der Waals surface area contributed by atoms with E-state index in [1.54, 1.807) is 0 Å². The van der Waals surface area contributed by atoms with Crippen molar-refractivity contribution in [2.45, 2.75) is 104 Å². The number of hydrogen-bond donors (Lipinski definition) is 3. The van der Waals surface area contributed by atoms with E-state index >= 15 is 0 Å². The Labute approximate surface area is 183 Å². The second kappa shape index (κ2) is 7.74. The van der Waals surface area contributed by atoms with Crippen LogP contribution in [0.3, 0.4) is 0 Å². The zero-order valence-electron chi connectivity index (χ0n) is 19.8.